The zero-order valence-electron chi connectivity index (χ0n) is 10.7. The van der Waals surface area contributed by atoms with Gasteiger partial charge in [0.25, 0.3) is 5.69 Å². The van der Waals surface area contributed by atoms with Crippen LogP contribution in [0.4, 0.5) is 5.69 Å². The molecule has 2 fully saturated rings. The first-order valence-corrected chi connectivity index (χ1v) is 6.50. The van der Waals surface area contributed by atoms with Crippen molar-refractivity contribution in [1.82, 2.24) is 0 Å². The van der Waals surface area contributed by atoms with Crippen LogP contribution in [0.1, 0.15) is 18.4 Å². The van der Waals surface area contributed by atoms with E-state index in [1.807, 2.05) is 0 Å². The maximum absolute atomic E-state index is 11.8. The molecule has 0 bridgehead atoms. The first kappa shape index (κ1) is 12.8. The van der Waals surface area contributed by atoms with Crippen molar-refractivity contribution in [2.45, 2.75) is 19.4 Å². The summed E-state index contributed by atoms with van der Waals surface area (Å²) in [5.74, 6) is -0.334. The Hall–Kier alpha value is -2.24. The Morgan fingerprint density at radius 2 is 2.05 bits per heavy atom. The standard InChI is InChI=1S/C14H13NO5/c16-11-6-5-10-12(11)13(10)14(17)20-7-8-1-3-9(4-2-8)15(18)19/h1-4,10,12-13H,5-7H2/t10-,12-,13+/m1/s1. The number of ether oxygens (including phenoxy) is 1. The molecule has 6 heteroatoms. The lowest BCUT2D eigenvalue weighted by molar-refractivity contribution is -0.384. The fraction of sp³-hybridized carbons (Fsp3) is 0.429. The van der Waals surface area contributed by atoms with Crippen molar-refractivity contribution >= 4 is 17.4 Å². The normalized spacial score (nSPS) is 27.0. The summed E-state index contributed by atoms with van der Waals surface area (Å²) in [6, 6.07) is 5.87. The van der Waals surface area contributed by atoms with E-state index >= 15 is 0 Å². The molecule has 0 unspecified atom stereocenters. The first-order chi connectivity index (χ1) is 9.58. The molecule has 0 aliphatic heterocycles. The van der Waals surface area contributed by atoms with Crippen LogP contribution in [0.2, 0.25) is 0 Å². The van der Waals surface area contributed by atoms with Crippen molar-refractivity contribution in [3.63, 3.8) is 0 Å². The topological polar surface area (TPSA) is 86.5 Å². The van der Waals surface area contributed by atoms with Crippen LogP contribution >= 0.6 is 0 Å². The second-order valence-electron chi connectivity index (χ2n) is 5.25. The lowest BCUT2D eigenvalue weighted by atomic mass is 10.1. The zero-order valence-corrected chi connectivity index (χ0v) is 10.7. The Morgan fingerprint density at radius 1 is 1.35 bits per heavy atom. The summed E-state index contributed by atoms with van der Waals surface area (Å²) < 4.78 is 5.18. The number of nitro benzene ring substituents is 1. The number of Topliss-reactive ketones (excluding diaryl/α,β-unsaturated/α-hetero) is 1. The molecule has 0 aromatic heterocycles. The minimum Gasteiger partial charge on any atom is -0.461 e. The van der Waals surface area contributed by atoms with E-state index in [9.17, 15) is 19.7 Å². The number of fused-ring (bicyclic) bond motifs is 1. The van der Waals surface area contributed by atoms with Crippen LogP contribution < -0.4 is 0 Å². The second kappa shape index (κ2) is 4.70. The van der Waals surface area contributed by atoms with Gasteiger partial charge in [-0.1, -0.05) is 0 Å². The third-order valence-corrected chi connectivity index (χ3v) is 4.06. The van der Waals surface area contributed by atoms with E-state index in [0.29, 0.717) is 12.0 Å². The number of nitro groups is 1. The van der Waals surface area contributed by atoms with Gasteiger partial charge in [0, 0.05) is 24.5 Å². The quantitative estimate of drug-likeness (QED) is 0.475. The third kappa shape index (κ3) is 2.17. The number of rotatable bonds is 4. The Kier molecular flexibility index (Phi) is 3.00. The van der Waals surface area contributed by atoms with Crippen molar-refractivity contribution in [2.24, 2.45) is 17.8 Å². The van der Waals surface area contributed by atoms with Crippen LogP contribution in [0.3, 0.4) is 0 Å². The number of esters is 1. The van der Waals surface area contributed by atoms with Crippen molar-refractivity contribution in [3.05, 3.63) is 39.9 Å². The monoisotopic (exact) mass is 275 g/mol. The smallest absolute Gasteiger partial charge is 0.310 e. The number of carbonyl (C=O) groups is 2. The molecule has 2 aliphatic rings. The largest absolute Gasteiger partial charge is 0.461 e. The minimum atomic E-state index is -0.479. The summed E-state index contributed by atoms with van der Waals surface area (Å²) in [6.45, 7) is 0.0843. The van der Waals surface area contributed by atoms with Gasteiger partial charge in [-0.25, -0.2) is 0 Å². The average molecular weight is 275 g/mol. The SMILES string of the molecule is O=C1CC[C@@H]2[C@H]1[C@H]2C(=O)OCc1ccc([N+](=O)[O-])cc1. The van der Waals surface area contributed by atoms with E-state index in [1.165, 1.54) is 12.1 Å². The Balaban J connectivity index is 1.54. The summed E-state index contributed by atoms with van der Waals surface area (Å²) in [5.41, 5.74) is 0.698. The van der Waals surface area contributed by atoms with E-state index < -0.39 is 4.92 Å². The molecule has 6 nitrogen and oxygen atoms in total. The van der Waals surface area contributed by atoms with Gasteiger partial charge in [0.2, 0.25) is 0 Å². The van der Waals surface area contributed by atoms with E-state index in [1.54, 1.807) is 12.1 Å². The molecule has 0 heterocycles. The molecule has 0 amide bonds. The van der Waals surface area contributed by atoms with E-state index in [4.69, 9.17) is 4.74 Å². The van der Waals surface area contributed by atoms with Gasteiger partial charge in [-0.3, -0.25) is 19.7 Å². The zero-order chi connectivity index (χ0) is 14.3. The molecule has 2 saturated carbocycles. The summed E-state index contributed by atoms with van der Waals surface area (Å²) in [6.07, 6.45) is 1.38. The summed E-state index contributed by atoms with van der Waals surface area (Å²) in [5, 5.41) is 10.5. The van der Waals surface area contributed by atoms with E-state index in [2.05, 4.69) is 0 Å². The van der Waals surface area contributed by atoms with Crippen molar-refractivity contribution < 1.29 is 19.2 Å². The van der Waals surface area contributed by atoms with Crippen LogP contribution in [0.5, 0.6) is 0 Å². The van der Waals surface area contributed by atoms with Gasteiger partial charge < -0.3 is 4.74 Å². The Labute approximate surface area is 114 Å². The highest BCUT2D eigenvalue weighted by Gasteiger charge is 2.62. The number of hydrogen-bond acceptors (Lipinski definition) is 5. The van der Waals surface area contributed by atoms with Crippen LogP contribution in [-0.4, -0.2) is 16.7 Å². The average Bonchev–Trinajstić information content (AvgIpc) is 3.06. The molecular formula is C14H13NO5. The van der Waals surface area contributed by atoms with Crippen LogP contribution in [0.15, 0.2) is 24.3 Å². The number of benzene rings is 1. The van der Waals surface area contributed by atoms with Gasteiger partial charge >= 0.3 is 5.97 Å². The molecule has 3 rings (SSSR count). The molecule has 0 spiro atoms. The maximum atomic E-state index is 11.8. The van der Waals surface area contributed by atoms with Crippen LogP contribution in [-0.2, 0) is 20.9 Å². The highest BCUT2D eigenvalue weighted by Crippen LogP contribution is 2.55. The Bertz CT molecular complexity index is 580. The van der Waals surface area contributed by atoms with Crippen molar-refractivity contribution in [1.29, 1.82) is 0 Å². The predicted octanol–water partition coefficient (Wildman–Crippen LogP) is 1.86. The molecule has 104 valence electrons. The summed E-state index contributed by atoms with van der Waals surface area (Å²) in [4.78, 5) is 33.3. The summed E-state index contributed by atoms with van der Waals surface area (Å²) >= 11 is 0. The number of nitrogens with zero attached hydrogens (tertiary/aromatic N) is 1. The fourth-order valence-corrected chi connectivity index (χ4v) is 2.93. The molecule has 20 heavy (non-hydrogen) atoms. The summed E-state index contributed by atoms with van der Waals surface area (Å²) in [7, 11) is 0. The maximum Gasteiger partial charge on any atom is 0.310 e. The highest BCUT2D eigenvalue weighted by atomic mass is 16.6. The van der Waals surface area contributed by atoms with Gasteiger partial charge in [-0.2, -0.15) is 0 Å². The number of hydrogen-bond donors (Lipinski definition) is 0. The van der Waals surface area contributed by atoms with Gasteiger partial charge in [0.1, 0.15) is 12.4 Å². The number of ketones is 1. The number of non-ortho nitro benzene ring substituents is 1. The van der Waals surface area contributed by atoms with E-state index in [0.717, 1.165) is 6.42 Å². The molecule has 1 aromatic carbocycles. The van der Waals surface area contributed by atoms with Gasteiger partial charge in [-0.15, -0.1) is 0 Å². The van der Waals surface area contributed by atoms with Crippen molar-refractivity contribution in [3.8, 4) is 0 Å². The third-order valence-electron chi connectivity index (χ3n) is 4.06. The fourth-order valence-electron chi connectivity index (χ4n) is 2.93. The lowest BCUT2D eigenvalue weighted by Gasteiger charge is -2.05. The highest BCUT2D eigenvalue weighted by molar-refractivity contribution is 5.94. The van der Waals surface area contributed by atoms with Crippen LogP contribution in [0, 0.1) is 27.9 Å². The first-order valence-electron chi connectivity index (χ1n) is 6.50. The van der Waals surface area contributed by atoms with E-state index in [-0.39, 0.29) is 41.8 Å². The second-order valence-corrected chi connectivity index (χ2v) is 5.25. The molecule has 0 N–H and O–H groups in total. The molecule has 0 radical (unpaired) electrons. The molecule has 3 atom stereocenters. The van der Waals surface area contributed by atoms with Gasteiger partial charge in [-0.05, 0) is 30.0 Å². The van der Waals surface area contributed by atoms with Gasteiger partial charge in [0.05, 0.1) is 10.8 Å². The predicted molar refractivity (Wildman–Crippen MR) is 67.6 cm³/mol. The Morgan fingerprint density at radius 3 is 2.60 bits per heavy atom. The van der Waals surface area contributed by atoms with Crippen LogP contribution in [0.25, 0.3) is 0 Å². The molecule has 1 aromatic rings. The number of carbonyl (C=O) groups excluding carboxylic acids is 2. The molecule has 0 saturated heterocycles. The molecular weight excluding hydrogens is 262 g/mol. The van der Waals surface area contributed by atoms with Crippen molar-refractivity contribution in [2.75, 3.05) is 0 Å². The minimum absolute atomic E-state index is 0.00222. The lowest BCUT2D eigenvalue weighted by Crippen LogP contribution is -2.13. The molecule has 2 aliphatic carbocycles. The van der Waals surface area contributed by atoms with Gasteiger partial charge in [0.15, 0.2) is 0 Å².